The van der Waals surface area contributed by atoms with Crippen molar-refractivity contribution < 1.29 is 5.11 Å². The number of aromatic hydroxyl groups is 1. The molecule has 0 aliphatic heterocycles. The maximum atomic E-state index is 9.56. The summed E-state index contributed by atoms with van der Waals surface area (Å²) in [4.78, 5) is 0. The molecule has 1 atom stereocenters. The Bertz CT molecular complexity index is 314. The number of hydrogen-bond acceptors (Lipinski definition) is 2. The highest BCUT2D eigenvalue weighted by atomic mass is 35.5. The van der Waals surface area contributed by atoms with E-state index in [1.165, 1.54) is 0 Å². The predicted octanol–water partition coefficient (Wildman–Crippen LogP) is 3.18. The van der Waals surface area contributed by atoms with Gasteiger partial charge in [-0.25, -0.2) is 0 Å². The van der Waals surface area contributed by atoms with Crippen LogP contribution in [0.3, 0.4) is 0 Å². The van der Waals surface area contributed by atoms with Crippen molar-refractivity contribution in [1.29, 1.82) is 0 Å². The molecular weight excluding hydrogens is 210 g/mol. The molecule has 0 spiro atoms. The largest absolute Gasteiger partial charge is 0.508 e. The molecule has 2 N–H and O–H groups in total. The van der Waals surface area contributed by atoms with Crippen molar-refractivity contribution in [3.63, 3.8) is 0 Å². The number of hydrogen-bond donors (Lipinski definition) is 2. The maximum absolute atomic E-state index is 9.56. The molecular formula is C12H18ClNO. The normalized spacial score (nSPS) is 12.7. The molecule has 3 heteroatoms. The molecule has 0 aromatic heterocycles. The summed E-state index contributed by atoms with van der Waals surface area (Å²) in [5, 5.41) is 13.5. The van der Waals surface area contributed by atoms with Gasteiger partial charge in [-0.3, -0.25) is 0 Å². The number of nitrogens with one attached hydrogen (secondary N) is 1. The molecule has 0 amide bonds. The summed E-state index contributed by atoms with van der Waals surface area (Å²) in [5.74, 6) is 0.961. The minimum absolute atomic E-state index is 0.302. The Labute approximate surface area is 96.3 Å². The van der Waals surface area contributed by atoms with Crippen LogP contribution in [0.4, 0.5) is 0 Å². The van der Waals surface area contributed by atoms with E-state index in [1.54, 1.807) is 18.2 Å². The third-order valence-electron chi connectivity index (χ3n) is 2.55. The standard InChI is InChI=1S/C12H18ClNO/c1-3-9(2)7-14-8-10-6-11(13)4-5-12(10)15/h4-6,9,14-15H,3,7-8H2,1-2H3. The van der Waals surface area contributed by atoms with Gasteiger partial charge < -0.3 is 10.4 Å². The van der Waals surface area contributed by atoms with E-state index in [0.717, 1.165) is 18.5 Å². The highest BCUT2D eigenvalue weighted by Gasteiger charge is 2.03. The fourth-order valence-electron chi connectivity index (χ4n) is 1.29. The first-order valence-electron chi connectivity index (χ1n) is 5.31. The van der Waals surface area contributed by atoms with Crippen LogP contribution in [0, 0.1) is 5.92 Å². The van der Waals surface area contributed by atoms with Gasteiger partial charge in [-0.2, -0.15) is 0 Å². The molecule has 0 aliphatic rings. The summed E-state index contributed by atoms with van der Waals surface area (Å²) in [6, 6.07) is 5.11. The molecule has 0 bridgehead atoms. The smallest absolute Gasteiger partial charge is 0.120 e. The predicted molar refractivity (Wildman–Crippen MR) is 64.3 cm³/mol. The SMILES string of the molecule is CCC(C)CNCc1cc(Cl)ccc1O. The lowest BCUT2D eigenvalue weighted by Gasteiger charge is -2.11. The molecule has 0 saturated carbocycles. The number of rotatable bonds is 5. The van der Waals surface area contributed by atoms with Gasteiger partial charge in [0.25, 0.3) is 0 Å². The Balaban J connectivity index is 2.46. The minimum Gasteiger partial charge on any atom is -0.508 e. The Hall–Kier alpha value is -0.730. The van der Waals surface area contributed by atoms with E-state index in [2.05, 4.69) is 19.2 Å². The van der Waals surface area contributed by atoms with Gasteiger partial charge in [0.15, 0.2) is 0 Å². The van der Waals surface area contributed by atoms with E-state index >= 15 is 0 Å². The van der Waals surface area contributed by atoms with Crippen molar-refractivity contribution in [3.8, 4) is 5.75 Å². The van der Waals surface area contributed by atoms with E-state index < -0.39 is 0 Å². The van der Waals surface area contributed by atoms with Gasteiger partial charge >= 0.3 is 0 Å². The second-order valence-electron chi connectivity index (χ2n) is 3.92. The van der Waals surface area contributed by atoms with Gasteiger partial charge in [0, 0.05) is 17.1 Å². The zero-order chi connectivity index (χ0) is 11.3. The van der Waals surface area contributed by atoms with Crippen LogP contribution in [0.15, 0.2) is 18.2 Å². The first kappa shape index (κ1) is 12.3. The highest BCUT2D eigenvalue weighted by Crippen LogP contribution is 2.21. The number of benzene rings is 1. The summed E-state index contributed by atoms with van der Waals surface area (Å²) in [5.41, 5.74) is 0.853. The summed E-state index contributed by atoms with van der Waals surface area (Å²) in [6.45, 7) is 5.99. The number of phenols is 1. The van der Waals surface area contributed by atoms with E-state index in [4.69, 9.17) is 11.6 Å². The van der Waals surface area contributed by atoms with Crippen molar-refractivity contribution in [2.75, 3.05) is 6.54 Å². The summed E-state index contributed by atoms with van der Waals surface area (Å²) < 4.78 is 0. The highest BCUT2D eigenvalue weighted by molar-refractivity contribution is 6.30. The average molecular weight is 228 g/mol. The second kappa shape index (κ2) is 5.99. The molecule has 0 aliphatic carbocycles. The van der Waals surface area contributed by atoms with Gasteiger partial charge in [-0.05, 0) is 30.7 Å². The minimum atomic E-state index is 0.302. The van der Waals surface area contributed by atoms with Gasteiger partial charge in [0.05, 0.1) is 0 Å². The lowest BCUT2D eigenvalue weighted by atomic mass is 10.1. The van der Waals surface area contributed by atoms with E-state index in [1.807, 2.05) is 0 Å². The lowest BCUT2D eigenvalue weighted by molar-refractivity contribution is 0.456. The molecule has 1 aromatic carbocycles. The Morgan fingerprint density at radius 2 is 2.20 bits per heavy atom. The Morgan fingerprint density at radius 1 is 1.47 bits per heavy atom. The van der Waals surface area contributed by atoms with E-state index in [-0.39, 0.29) is 0 Å². The van der Waals surface area contributed by atoms with Crippen LogP contribution in [0.5, 0.6) is 5.75 Å². The molecule has 84 valence electrons. The Kier molecular flexibility index (Phi) is 4.92. The van der Waals surface area contributed by atoms with Gasteiger partial charge in [0.2, 0.25) is 0 Å². The maximum Gasteiger partial charge on any atom is 0.120 e. The van der Waals surface area contributed by atoms with Gasteiger partial charge in [-0.15, -0.1) is 0 Å². The second-order valence-corrected chi connectivity index (χ2v) is 4.35. The lowest BCUT2D eigenvalue weighted by Crippen LogP contribution is -2.20. The molecule has 15 heavy (non-hydrogen) atoms. The topological polar surface area (TPSA) is 32.3 Å². The molecule has 0 radical (unpaired) electrons. The molecule has 0 heterocycles. The van der Waals surface area contributed by atoms with E-state index in [0.29, 0.717) is 23.2 Å². The summed E-state index contributed by atoms with van der Waals surface area (Å²) in [6.07, 6.45) is 1.16. The average Bonchev–Trinajstić information content (AvgIpc) is 2.23. The molecule has 1 aromatic rings. The van der Waals surface area contributed by atoms with Gasteiger partial charge in [0.1, 0.15) is 5.75 Å². The van der Waals surface area contributed by atoms with Crippen molar-refractivity contribution in [2.24, 2.45) is 5.92 Å². The van der Waals surface area contributed by atoms with Crippen LogP contribution >= 0.6 is 11.6 Å². The molecule has 2 nitrogen and oxygen atoms in total. The fraction of sp³-hybridized carbons (Fsp3) is 0.500. The van der Waals surface area contributed by atoms with Crippen LogP contribution in [0.2, 0.25) is 5.02 Å². The zero-order valence-electron chi connectivity index (χ0n) is 9.26. The zero-order valence-corrected chi connectivity index (χ0v) is 10.0. The van der Waals surface area contributed by atoms with Crippen LogP contribution < -0.4 is 5.32 Å². The van der Waals surface area contributed by atoms with Crippen LogP contribution in [-0.2, 0) is 6.54 Å². The first-order chi connectivity index (χ1) is 7.13. The number of phenolic OH excluding ortho intramolecular Hbond substituents is 1. The third kappa shape index (κ3) is 4.10. The Morgan fingerprint density at radius 3 is 2.87 bits per heavy atom. The van der Waals surface area contributed by atoms with Crippen molar-refractivity contribution in [3.05, 3.63) is 28.8 Å². The van der Waals surface area contributed by atoms with Crippen molar-refractivity contribution in [2.45, 2.75) is 26.8 Å². The monoisotopic (exact) mass is 227 g/mol. The van der Waals surface area contributed by atoms with Crippen molar-refractivity contribution in [1.82, 2.24) is 5.32 Å². The van der Waals surface area contributed by atoms with Crippen molar-refractivity contribution >= 4 is 11.6 Å². The molecule has 0 saturated heterocycles. The van der Waals surface area contributed by atoms with E-state index in [9.17, 15) is 5.11 Å². The van der Waals surface area contributed by atoms with Crippen LogP contribution in [0.25, 0.3) is 0 Å². The quantitative estimate of drug-likeness (QED) is 0.810. The van der Waals surface area contributed by atoms with Gasteiger partial charge in [-0.1, -0.05) is 31.9 Å². The fourth-order valence-corrected chi connectivity index (χ4v) is 1.49. The molecule has 0 fully saturated rings. The summed E-state index contributed by atoms with van der Waals surface area (Å²) in [7, 11) is 0. The molecule has 1 rings (SSSR count). The first-order valence-corrected chi connectivity index (χ1v) is 5.69. The number of halogens is 1. The van der Waals surface area contributed by atoms with Crippen LogP contribution in [-0.4, -0.2) is 11.7 Å². The summed E-state index contributed by atoms with van der Waals surface area (Å²) >= 11 is 5.85. The van der Waals surface area contributed by atoms with Crippen LogP contribution in [0.1, 0.15) is 25.8 Å². The molecule has 1 unspecified atom stereocenters. The third-order valence-corrected chi connectivity index (χ3v) is 2.78.